The van der Waals surface area contributed by atoms with E-state index in [4.69, 9.17) is 4.74 Å². The molecule has 1 saturated heterocycles. The summed E-state index contributed by atoms with van der Waals surface area (Å²) in [7, 11) is 1.85. The van der Waals surface area contributed by atoms with E-state index in [1.807, 2.05) is 31.3 Å². The molecule has 1 amide bonds. The molecule has 1 aromatic carbocycles. The van der Waals surface area contributed by atoms with Crippen LogP contribution >= 0.6 is 0 Å². The van der Waals surface area contributed by atoms with Crippen molar-refractivity contribution in [2.24, 2.45) is 5.92 Å². The van der Waals surface area contributed by atoms with Crippen LogP contribution in [0.1, 0.15) is 32.0 Å². The molecule has 114 valence electrons. The summed E-state index contributed by atoms with van der Waals surface area (Å²) in [4.78, 5) is 14.1. The predicted octanol–water partition coefficient (Wildman–Crippen LogP) is 2.73. The molecule has 0 aromatic heterocycles. The van der Waals surface area contributed by atoms with Crippen molar-refractivity contribution in [3.8, 4) is 5.75 Å². The van der Waals surface area contributed by atoms with Gasteiger partial charge in [0.25, 0.3) is 0 Å². The minimum atomic E-state index is -0.0957. The zero-order valence-corrected chi connectivity index (χ0v) is 13.0. The average Bonchev–Trinajstić information content (AvgIpc) is 2.81. The summed E-state index contributed by atoms with van der Waals surface area (Å²) in [5.74, 6) is 1.31. The number of amides is 1. The second kappa shape index (κ2) is 6.76. The molecule has 1 N–H and O–H groups in total. The third kappa shape index (κ3) is 3.27. The van der Waals surface area contributed by atoms with Gasteiger partial charge in [-0.3, -0.25) is 10.1 Å². The SMILES string of the molecule is C=CCOc1ccc(C2NC(C(C)CC)C(=O)N2C)cc1. The Morgan fingerprint density at radius 1 is 1.43 bits per heavy atom. The molecule has 3 unspecified atom stereocenters. The van der Waals surface area contributed by atoms with Gasteiger partial charge in [-0.15, -0.1) is 0 Å². The van der Waals surface area contributed by atoms with Crippen molar-refractivity contribution in [2.45, 2.75) is 32.5 Å². The lowest BCUT2D eigenvalue weighted by Gasteiger charge is -2.20. The van der Waals surface area contributed by atoms with Crippen molar-refractivity contribution in [1.82, 2.24) is 10.2 Å². The number of benzene rings is 1. The zero-order chi connectivity index (χ0) is 15.4. The molecule has 2 rings (SSSR count). The molecule has 1 aliphatic heterocycles. The van der Waals surface area contributed by atoms with Crippen LogP contribution in [0, 0.1) is 5.92 Å². The van der Waals surface area contributed by atoms with Crippen LogP contribution < -0.4 is 10.1 Å². The Balaban J connectivity index is 2.11. The smallest absolute Gasteiger partial charge is 0.241 e. The van der Waals surface area contributed by atoms with Crippen LogP contribution in [0.4, 0.5) is 0 Å². The normalized spacial score (nSPS) is 23.2. The Labute approximate surface area is 126 Å². The molecular formula is C17H24N2O2. The highest BCUT2D eigenvalue weighted by Gasteiger charge is 2.39. The zero-order valence-electron chi connectivity index (χ0n) is 13.0. The van der Waals surface area contributed by atoms with E-state index in [2.05, 4.69) is 25.7 Å². The van der Waals surface area contributed by atoms with Crippen LogP contribution in [0.3, 0.4) is 0 Å². The van der Waals surface area contributed by atoms with E-state index in [1.54, 1.807) is 11.0 Å². The van der Waals surface area contributed by atoms with E-state index < -0.39 is 0 Å². The Morgan fingerprint density at radius 3 is 2.67 bits per heavy atom. The van der Waals surface area contributed by atoms with E-state index >= 15 is 0 Å². The first-order valence-corrected chi connectivity index (χ1v) is 7.44. The summed E-state index contributed by atoms with van der Waals surface area (Å²) in [6.07, 6.45) is 2.64. The van der Waals surface area contributed by atoms with Gasteiger partial charge in [0.05, 0.1) is 6.04 Å². The minimum absolute atomic E-state index is 0.0649. The van der Waals surface area contributed by atoms with Gasteiger partial charge in [-0.1, -0.05) is 45.1 Å². The number of carbonyl (C=O) groups excluding carboxylic acids is 1. The van der Waals surface area contributed by atoms with Gasteiger partial charge in [-0.05, 0) is 23.6 Å². The highest BCUT2D eigenvalue weighted by molar-refractivity contribution is 5.84. The average molecular weight is 288 g/mol. The molecule has 0 saturated carbocycles. The Morgan fingerprint density at radius 2 is 2.10 bits per heavy atom. The van der Waals surface area contributed by atoms with Gasteiger partial charge in [-0.25, -0.2) is 0 Å². The minimum Gasteiger partial charge on any atom is -0.490 e. The molecule has 4 heteroatoms. The first kappa shape index (κ1) is 15.6. The maximum absolute atomic E-state index is 12.3. The summed E-state index contributed by atoms with van der Waals surface area (Å²) in [6, 6.07) is 7.75. The number of hydrogen-bond donors (Lipinski definition) is 1. The summed E-state index contributed by atoms with van der Waals surface area (Å²) in [6.45, 7) is 8.34. The topological polar surface area (TPSA) is 41.6 Å². The largest absolute Gasteiger partial charge is 0.490 e. The van der Waals surface area contributed by atoms with Crippen LogP contribution in [0.5, 0.6) is 5.75 Å². The molecule has 1 aromatic rings. The summed E-state index contributed by atoms with van der Waals surface area (Å²) >= 11 is 0. The number of ether oxygens (including phenoxy) is 1. The van der Waals surface area contributed by atoms with Crippen LogP contribution in [0.2, 0.25) is 0 Å². The first-order valence-electron chi connectivity index (χ1n) is 7.44. The number of rotatable bonds is 6. The highest BCUT2D eigenvalue weighted by Crippen LogP contribution is 2.28. The monoisotopic (exact) mass is 288 g/mol. The van der Waals surface area contributed by atoms with Crippen molar-refractivity contribution in [2.75, 3.05) is 13.7 Å². The van der Waals surface area contributed by atoms with Crippen molar-refractivity contribution in [3.63, 3.8) is 0 Å². The van der Waals surface area contributed by atoms with E-state index in [-0.39, 0.29) is 18.1 Å². The van der Waals surface area contributed by atoms with Gasteiger partial charge in [0.2, 0.25) is 5.91 Å². The number of hydrogen-bond acceptors (Lipinski definition) is 3. The third-order valence-corrected chi connectivity index (χ3v) is 4.12. The van der Waals surface area contributed by atoms with Crippen LogP contribution in [-0.4, -0.2) is 30.5 Å². The molecule has 1 fully saturated rings. The van der Waals surface area contributed by atoms with Crippen LogP contribution in [0.15, 0.2) is 36.9 Å². The number of nitrogens with one attached hydrogen (secondary N) is 1. The summed E-state index contributed by atoms with van der Waals surface area (Å²) in [5, 5.41) is 3.44. The number of likely N-dealkylation sites (N-methyl/N-ethyl adjacent to an activating group) is 1. The van der Waals surface area contributed by atoms with E-state index in [0.29, 0.717) is 12.5 Å². The molecule has 0 bridgehead atoms. The number of nitrogens with zero attached hydrogens (tertiary/aromatic N) is 1. The Kier molecular flexibility index (Phi) is 5.02. The van der Waals surface area contributed by atoms with Gasteiger partial charge in [0, 0.05) is 7.05 Å². The molecule has 4 nitrogen and oxygen atoms in total. The van der Waals surface area contributed by atoms with Crippen molar-refractivity contribution < 1.29 is 9.53 Å². The number of carbonyl (C=O) groups is 1. The fraction of sp³-hybridized carbons (Fsp3) is 0.471. The van der Waals surface area contributed by atoms with E-state index in [9.17, 15) is 4.79 Å². The lowest BCUT2D eigenvalue weighted by molar-refractivity contribution is -0.129. The lowest BCUT2D eigenvalue weighted by Crippen LogP contribution is -2.35. The fourth-order valence-electron chi connectivity index (χ4n) is 2.56. The van der Waals surface area contributed by atoms with Crippen LogP contribution in [-0.2, 0) is 4.79 Å². The second-order valence-corrected chi connectivity index (χ2v) is 5.55. The Bertz CT molecular complexity index is 498. The highest BCUT2D eigenvalue weighted by atomic mass is 16.5. The molecule has 0 aliphatic carbocycles. The molecule has 0 radical (unpaired) electrons. The molecule has 3 atom stereocenters. The first-order chi connectivity index (χ1) is 10.1. The maximum Gasteiger partial charge on any atom is 0.241 e. The fourth-order valence-corrected chi connectivity index (χ4v) is 2.56. The maximum atomic E-state index is 12.3. The van der Waals surface area contributed by atoms with Gasteiger partial charge in [0.1, 0.15) is 18.5 Å². The third-order valence-electron chi connectivity index (χ3n) is 4.12. The summed E-state index contributed by atoms with van der Waals surface area (Å²) < 4.78 is 5.48. The van der Waals surface area contributed by atoms with Gasteiger partial charge in [-0.2, -0.15) is 0 Å². The molecule has 1 aliphatic rings. The van der Waals surface area contributed by atoms with Gasteiger partial charge >= 0.3 is 0 Å². The molecular weight excluding hydrogens is 264 g/mol. The van der Waals surface area contributed by atoms with E-state index in [1.165, 1.54) is 0 Å². The molecule has 21 heavy (non-hydrogen) atoms. The Hall–Kier alpha value is -1.81. The van der Waals surface area contributed by atoms with Gasteiger partial charge < -0.3 is 9.64 Å². The molecule has 1 heterocycles. The van der Waals surface area contributed by atoms with Crippen molar-refractivity contribution >= 4 is 5.91 Å². The van der Waals surface area contributed by atoms with E-state index in [0.717, 1.165) is 17.7 Å². The standard InChI is InChI=1S/C17H24N2O2/c1-5-11-21-14-9-7-13(8-10-14)16-18-15(12(3)6-2)17(20)19(16)4/h5,7-10,12,15-16,18H,1,6,11H2,2-4H3. The lowest BCUT2D eigenvalue weighted by atomic mass is 9.99. The predicted molar refractivity (Wildman–Crippen MR) is 84.0 cm³/mol. The van der Waals surface area contributed by atoms with Gasteiger partial charge in [0.15, 0.2) is 0 Å². The van der Waals surface area contributed by atoms with Crippen LogP contribution in [0.25, 0.3) is 0 Å². The quantitative estimate of drug-likeness (QED) is 0.818. The summed E-state index contributed by atoms with van der Waals surface area (Å²) in [5.41, 5.74) is 1.07. The van der Waals surface area contributed by atoms with Crippen molar-refractivity contribution in [3.05, 3.63) is 42.5 Å². The van der Waals surface area contributed by atoms with Crippen molar-refractivity contribution in [1.29, 1.82) is 0 Å². The second-order valence-electron chi connectivity index (χ2n) is 5.55. The molecule has 0 spiro atoms.